The van der Waals surface area contributed by atoms with Crippen molar-refractivity contribution in [2.24, 2.45) is 5.92 Å². The molecule has 0 aliphatic carbocycles. The zero-order valence-corrected chi connectivity index (χ0v) is 17.3. The number of nitrogens with one attached hydrogen (secondary N) is 2. The highest BCUT2D eigenvalue weighted by Gasteiger charge is 2.23. The van der Waals surface area contributed by atoms with E-state index in [-0.39, 0.29) is 28.2 Å². The van der Waals surface area contributed by atoms with E-state index in [0.29, 0.717) is 24.4 Å². The Morgan fingerprint density at radius 3 is 2.50 bits per heavy atom. The summed E-state index contributed by atoms with van der Waals surface area (Å²) in [4.78, 5) is 25.1. The summed E-state index contributed by atoms with van der Waals surface area (Å²) in [6, 6.07) is 10.1. The smallest absolute Gasteiger partial charge is 0.253 e. The molecule has 2 aromatic rings. The van der Waals surface area contributed by atoms with Gasteiger partial charge in [-0.1, -0.05) is 49.2 Å². The highest BCUT2D eigenvalue weighted by molar-refractivity contribution is 6.36. The molecule has 1 unspecified atom stereocenters. The van der Waals surface area contributed by atoms with Crippen molar-refractivity contribution in [1.29, 1.82) is 0 Å². The normalized spacial score (nSPS) is 11.9. The van der Waals surface area contributed by atoms with E-state index in [1.807, 2.05) is 13.8 Å². The van der Waals surface area contributed by atoms with Crippen molar-refractivity contribution in [3.05, 3.63) is 69.5 Å². The quantitative estimate of drug-likeness (QED) is 0.648. The van der Waals surface area contributed by atoms with Gasteiger partial charge in [-0.25, -0.2) is 4.39 Å². The van der Waals surface area contributed by atoms with E-state index in [1.54, 1.807) is 18.2 Å². The maximum Gasteiger partial charge on any atom is 0.253 e. The largest absolute Gasteiger partial charge is 0.354 e. The average Bonchev–Trinajstić information content (AvgIpc) is 2.60. The second-order valence-electron chi connectivity index (χ2n) is 6.95. The molecule has 0 saturated heterocycles. The molecule has 1 atom stereocenters. The monoisotopic (exact) mass is 424 g/mol. The van der Waals surface area contributed by atoms with Crippen molar-refractivity contribution in [3.8, 4) is 0 Å². The predicted molar refractivity (Wildman–Crippen MR) is 110 cm³/mol. The molecule has 2 rings (SSSR count). The van der Waals surface area contributed by atoms with Crippen LogP contribution in [-0.2, 0) is 11.2 Å². The highest BCUT2D eigenvalue weighted by Crippen LogP contribution is 2.21. The van der Waals surface area contributed by atoms with Crippen LogP contribution in [0.2, 0.25) is 10.0 Å². The third kappa shape index (κ3) is 6.80. The summed E-state index contributed by atoms with van der Waals surface area (Å²) in [5, 5.41) is 6.20. The lowest BCUT2D eigenvalue weighted by molar-refractivity contribution is -0.123. The summed E-state index contributed by atoms with van der Waals surface area (Å²) in [7, 11) is 0. The van der Waals surface area contributed by atoms with Crippen LogP contribution in [0.3, 0.4) is 0 Å². The van der Waals surface area contributed by atoms with E-state index in [2.05, 4.69) is 10.6 Å². The number of carbonyl (C=O) groups excluding carboxylic acids is 2. The van der Waals surface area contributed by atoms with Crippen LogP contribution in [0.5, 0.6) is 0 Å². The minimum Gasteiger partial charge on any atom is -0.354 e. The summed E-state index contributed by atoms with van der Waals surface area (Å²) >= 11 is 11.9. The lowest BCUT2D eigenvalue weighted by Gasteiger charge is -2.20. The summed E-state index contributed by atoms with van der Waals surface area (Å²) in [6.07, 6.45) is 0.970. The van der Waals surface area contributed by atoms with Gasteiger partial charge in [-0.2, -0.15) is 0 Å². The Hall–Kier alpha value is -2.11. The van der Waals surface area contributed by atoms with Crippen LogP contribution in [0.4, 0.5) is 4.39 Å². The Bertz CT molecular complexity index is 843. The summed E-state index contributed by atoms with van der Waals surface area (Å²) in [6.45, 7) is 4.28. The van der Waals surface area contributed by atoms with Crippen LogP contribution in [0.15, 0.2) is 42.5 Å². The third-order valence-electron chi connectivity index (χ3n) is 4.11. The number of halogens is 3. The second kappa shape index (κ2) is 10.4. The first-order valence-electron chi connectivity index (χ1n) is 9.04. The number of amides is 2. The fourth-order valence-electron chi connectivity index (χ4n) is 2.76. The number of benzene rings is 2. The molecule has 7 heteroatoms. The van der Waals surface area contributed by atoms with Gasteiger partial charge in [0.2, 0.25) is 5.91 Å². The zero-order valence-electron chi connectivity index (χ0n) is 15.8. The molecule has 0 bridgehead atoms. The van der Waals surface area contributed by atoms with Gasteiger partial charge in [0.15, 0.2) is 0 Å². The molecule has 0 fully saturated rings. The van der Waals surface area contributed by atoms with Gasteiger partial charge in [0.1, 0.15) is 11.9 Å². The van der Waals surface area contributed by atoms with Crippen LogP contribution in [0, 0.1) is 11.7 Å². The number of hydrogen-bond donors (Lipinski definition) is 2. The lowest BCUT2D eigenvalue weighted by atomic mass is 10.0. The Labute approximate surface area is 174 Å². The van der Waals surface area contributed by atoms with E-state index in [4.69, 9.17) is 23.2 Å². The molecule has 150 valence electrons. The summed E-state index contributed by atoms with van der Waals surface area (Å²) < 4.78 is 13.2. The maximum absolute atomic E-state index is 13.2. The van der Waals surface area contributed by atoms with E-state index >= 15 is 0 Å². The van der Waals surface area contributed by atoms with Crippen LogP contribution in [-0.4, -0.2) is 24.4 Å². The molecule has 2 amide bonds. The molecule has 4 nitrogen and oxygen atoms in total. The molecule has 0 aliphatic rings. The van der Waals surface area contributed by atoms with Gasteiger partial charge in [-0.15, -0.1) is 0 Å². The van der Waals surface area contributed by atoms with Gasteiger partial charge in [0.25, 0.3) is 5.91 Å². The summed E-state index contributed by atoms with van der Waals surface area (Å²) in [5.74, 6) is -0.843. The maximum atomic E-state index is 13.2. The van der Waals surface area contributed by atoms with Crippen molar-refractivity contribution < 1.29 is 14.0 Å². The predicted octanol–water partition coefficient (Wildman–Crippen LogP) is 4.64. The van der Waals surface area contributed by atoms with Crippen molar-refractivity contribution in [2.75, 3.05) is 6.54 Å². The highest BCUT2D eigenvalue weighted by atomic mass is 35.5. The molecular formula is C21H23Cl2FN2O2. The molecule has 2 aromatic carbocycles. The minimum absolute atomic E-state index is 0.194. The summed E-state index contributed by atoms with van der Waals surface area (Å²) in [5.41, 5.74) is 1.05. The van der Waals surface area contributed by atoms with Gasteiger partial charge in [0.05, 0.1) is 10.6 Å². The fraction of sp³-hybridized carbons (Fsp3) is 0.333. The van der Waals surface area contributed by atoms with E-state index in [9.17, 15) is 14.0 Å². The zero-order chi connectivity index (χ0) is 20.7. The average molecular weight is 425 g/mol. The van der Waals surface area contributed by atoms with E-state index in [1.165, 1.54) is 24.3 Å². The van der Waals surface area contributed by atoms with Gasteiger partial charge < -0.3 is 10.6 Å². The van der Waals surface area contributed by atoms with Crippen LogP contribution < -0.4 is 10.6 Å². The van der Waals surface area contributed by atoms with Gasteiger partial charge in [-0.3, -0.25) is 9.59 Å². The third-order valence-corrected chi connectivity index (χ3v) is 4.65. The number of carbonyl (C=O) groups is 2. The Kier molecular flexibility index (Phi) is 8.27. The van der Waals surface area contributed by atoms with Crippen LogP contribution >= 0.6 is 23.2 Å². The van der Waals surface area contributed by atoms with E-state index in [0.717, 1.165) is 5.56 Å². The molecule has 0 aromatic heterocycles. The van der Waals surface area contributed by atoms with Gasteiger partial charge in [0, 0.05) is 11.6 Å². The fourth-order valence-corrected chi connectivity index (χ4v) is 3.25. The van der Waals surface area contributed by atoms with Crippen molar-refractivity contribution in [1.82, 2.24) is 10.6 Å². The molecule has 2 N–H and O–H groups in total. The van der Waals surface area contributed by atoms with Crippen LogP contribution in [0.25, 0.3) is 0 Å². The van der Waals surface area contributed by atoms with Crippen molar-refractivity contribution in [2.45, 2.75) is 32.7 Å². The molecule has 0 aliphatic heterocycles. The first-order chi connectivity index (χ1) is 13.3. The molecule has 0 saturated carbocycles. The van der Waals surface area contributed by atoms with Crippen LogP contribution in [0.1, 0.15) is 36.2 Å². The van der Waals surface area contributed by atoms with Gasteiger partial charge >= 0.3 is 0 Å². The molecule has 28 heavy (non-hydrogen) atoms. The lowest BCUT2D eigenvalue weighted by Crippen LogP contribution is -2.47. The van der Waals surface area contributed by atoms with Gasteiger partial charge in [-0.05, 0) is 54.7 Å². The van der Waals surface area contributed by atoms with Crippen molar-refractivity contribution in [3.63, 3.8) is 0 Å². The Morgan fingerprint density at radius 2 is 1.86 bits per heavy atom. The molecule has 0 heterocycles. The minimum atomic E-state index is -0.702. The Morgan fingerprint density at radius 1 is 1.11 bits per heavy atom. The topological polar surface area (TPSA) is 58.2 Å². The molecule has 0 radical (unpaired) electrons. The van der Waals surface area contributed by atoms with E-state index < -0.39 is 11.9 Å². The first kappa shape index (κ1) is 22.2. The SMILES string of the molecule is CC(C)CC(NC(=O)c1ccc(Cl)cc1Cl)C(=O)NCCc1cccc(F)c1. The molecular weight excluding hydrogens is 402 g/mol. The van der Waals surface area contributed by atoms with Crippen molar-refractivity contribution >= 4 is 35.0 Å². The standard InChI is InChI=1S/C21H23Cl2FN2O2/c1-13(2)10-19(26-20(27)17-7-6-15(22)12-18(17)23)21(28)25-9-8-14-4-3-5-16(24)11-14/h3-7,11-13,19H,8-10H2,1-2H3,(H,25,28)(H,26,27). The number of rotatable bonds is 8. The second-order valence-corrected chi connectivity index (χ2v) is 7.79. The Balaban J connectivity index is 1.99. The first-order valence-corrected chi connectivity index (χ1v) is 9.80. The number of hydrogen-bond acceptors (Lipinski definition) is 2. The molecule has 0 spiro atoms.